The number of hydrogen-bond donors (Lipinski definition) is 3. The summed E-state index contributed by atoms with van der Waals surface area (Å²) in [6.45, 7) is 0. The maximum Gasteiger partial charge on any atom is 0.184 e. The molecular weight excluding hydrogens is 349 g/mol. The molecule has 0 aliphatic heterocycles. The first kappa shape index (κ1) is 14.5. The van der Waals surface area contributed by atoms with Gasteiger partial charge in [0.1, 0.15) is 11.5 Å². The SMILES string of the molecule is NC(=S)NN=C(c1cccc(O)c1Br)C(Cl)Cl. The van der Waals surface area contributed by atoms with Crippen LogP contribution < -0.4 is 11.2 Å². The van der Waals surface area contributed by atoms with Crippen molar-refractivity contribution in [2.24, 2.45) is 10.8 Å². The highest BCUT2D eigenvalue weighted by Gasteiger charge is 2.17. The van der Waals surface area contributed by atoms with Crippen LogP contribution in [0.1, 0.15) is 5.56 Å². The molecule has 0 aliphatic rings. The molecule has 1 rings (SSSR count). The van der Waals surface area contributed by atoms with Crippen LogP contribution >= 0.6 is 51.3 Å². The average molecular weight is 357 g/mol. The zero-order valence-corrected chi connectivity index (χ0v) is 12.2. The Balaban J connectivity index is 3.19. The van der Waals surface area contributed by atoms with E-state index < -0.39 is 4.84 Å². The second-order valence-electron chi connectivity index (χ2n) is 2.91. The molecule has 1 aromatic carbocycles. The van der Waals surface area contributed by atoms with Crippen molar-refractivity contribution in [2.75, 3.05) is 0 Å². The van der Waals surface area contributed by atoms with Crippen molar-refractivity contribution in [3.63, 3.8) is 0 Å². The number of alkyl halides is 2. The van der Waals surface area contributed by atoms with Crippen molar-refractivity contribution in [1.82, 2.24) is 5.43 Å². The van der Waals surface area contributed by atoms with Gasteiger partial charge in [0.2, 0.25) is 0 Å². The van der Waals surface area contributed by atoms with E-state index in [-0.39, 0.29) is 10.9 Å². The summed E-state index contributed by atoms with van der Waals surface area (Å²) >= 11 is 19.4. The molecule has 0 radical (unpaired) electrons. The largest absolute Gasteiger partial charge is 0.507 e. The standard InChI is InChI=1S/C9H8BrCl2N3OS/c10-6-4(2-1-3-5(6)16)7(8(11)12)14-15-9(13)17/h1-3,8,16H,(H3,13,15,17). The number of rotatable bonds is 3. The third-order valence-electron chi connectivity index (χ3n) is 1.75. The zero-order chi connectivity index (χ0) is 13.0. The fourth-order valence-corrected chi connectivity index (χ4v) is 1.91. The number of phenols is 1. The first-order chi connectivity index (χ1) is 7.93. The number of phenolic OH excluding ortho intramolecular Hbond substituents is 1. The van der Waals surface area contributed by atoms with Crippen LogP contribution in [0.15, 0.2) is 27.8 Å². The summed E-state index contributed by atoms with van der Waals surface area (Å²) in [4.78, 5) is -0.894. The highest BCUT2D eigenvalue weighted by Crippen LogP contribution is 2.29. The lowest BCUT2D eigenvalue weighted by Crippen LogP contribution is -2.27. The monoisotopic (exact) mass is 355 g/mol. The average Bonchev–Trinajstić information content (AvgIpc) is 2.23. The van der Waals surface area contributed by atoms with Crippen molar-refractivity contribution in [3.8, 4) is 5.75 Å². The molecular formula is C9H8BrCl2N3OS. The smallest absolute Gasteiger partial charge is 0.184 e. The summed E-state index contributed by atoms with van der Waals surface area (Å²) in [7, 11) is 0. The molecule has 0 bridgehead atoms. The van der Waals surface area contributed by atoms with Gasteiger partial charge in [-0.1, -0.05) is 35.3 Å². The minimum atomic E-state index is -0.894. The Morgan fingerprint density at radius 1 is 1.53 bits per heavy atom. The normalized spacial score (nSPS) is 11.6. The molecule has 4 N–H and O–H groups in total. The highest BCUT2D eigenvalue weighted by atomic mass is 79.9. The molecule has 17 heavy (non-hydrogen) atoms. The molecule has 0 fully saturated rings. The number of nitrogens with two attached hydrogens (primary N) is 1. The molecule has 0 spiro atoms. The number of halogens is 3. The number of hydrogen-bond acceptors (Lipinski definition) is 3. The van der Waals surface area contributed by atoms with Gasteiger partial charge in [-0.2, -0.15) is 5.10 Å². The summed E-state index contributed by atoms with van der Waals surface area (Å²) < 4.78 is 0.440. The first-order valence-electron chi connectivity index (χ1n) is 4.32. The Morgan fingerprint density at radius 2 is 2.18 bits per heavy atom. The summed E-state index contributed by atoms with van der Waals surface area (Å²) in [5, 5.41) is 13.4. The van der Waals surface area contributed by atoms with E-state index in [0.717, 1.165) is 0 Å². The van der Waals surface area contributed by atoms with Crippen molar-refractivity contribution in [1.29, 1.82) is 0 Å². The minimum absolute atomic E-state index is 0.00670. The van der Waals surface area contributed by atoms with Crippen LogP contribution in [0, 0.1) is 0 Å². The third-order valence-corrected chi connectivity index (χ3v) is 3.09. The third kappa shape index (κ3) is 3.99. The van der Waals surface area contributed by atoms with Crippen molar-refractivity contribution in [2.45, 2.75) is 4.84 Å². The van der Waals surface area contributed by atoms with Gasteiger partial charge in [0.05, 0.1) is 4.47 Å². The second-order valence-corrected chi connectivity index (χ2v) is 5.24. The fraction of sp³-hybridized carbons (Fsp3) is 0.111. The predicted molar refractivity (Wildman–Crippen MR) is 77.8 cm³/mol. The molecule has 0 aliphatic carbocycles. The highest BCUT2D eigenvalue weighted by molar-refractivity contribution is 9.10. The maximum atomic E-state index is 9.55. The Kier molecular flexibility index (Phi) is 5.45. The Bertz CT molecular complexity index is 468. The van der Waals surface area contributed by atoms with E-state index in [9.17, 15) is 5.11 Å². The van der Waals surface area contributed by atoms with Crippen LogP contribution in [0.25, 0.3) is 0 Å². The molecule has 0 saturated carbocycles. The number of nitrogens with zero attached hydrogens (tertiary/aromatic N) is 1. The molecule has 4 nitrogen and oxygen atoms in total. The van der Waals surface area contributed by atoms with Crippen LogP contribution in [0.3, 0.4) is 0 Å². The van der Waals surface area contributed by atoms with E-state index in [1.807, 2.05) is 0 Å². The number of benzene rings is 1. The van der Waals surface area contributed by atoms with E-state index in [1.165, 1.54) is 6.07 Å². The Morgan fingerprint density at radius 3 is 2.71 bits per heavy atom. The second kappa shape index (κ2) is 6.39. The van der Waals surface area contributed by atoms with E-state index in [2.05, 4.69) is 38.7 Å². The van der Waals surface area contributed by atoms with Crippen molar-refractivity contribution < 1.29 is 5.11 Å². The number of aromatic hydroxyl groups is 1. The topological polar surface area (TPSA) is 70.6 Å². The lowest BCUT2D eigenvalue weighted by Gasteiger charge is -2.10. The van der Waals surface area contributed by atoms with Gasteiger partial charge in [0.25, 0.3) is 0 Å². The Hall–Kier alpha value is -0.560. The van der Waals surface area contributed by atoms with Crippen molar-refractivity contribution in [3.05, 3.63) is 28.2 Å². The summed E-state index contributed by atoms with van der Waals surface area (Å²) in [6, 6.07) is 4.85. The zero-order valence-electron chi connectivity index (χ0n) is 8.32. The van der Waals surface area contributed by atoms with Crippen LogP contribution in [-0.2, 0) is 0 Å². The lowest BCUT2D eigenvalue weighted by atomic mass is 10.1. The lowest BCUT2D eigenvalue weighted by molar-refractivity contribution is 0.472. The molecule has 8 heteroatoms. The van der Waals surface area contributed by atoms with E-state index >= 15 is 0 Å². The molecule has 92 valence electrons. The van der Waals surface area contributed by atoms with Gasteiger partial charge >= 0.3 is 0 Å². The van der Waals surface area contributed by atoms with Gasteiger partial charge in [0.15, 0.2) is 9.95 Å². The minimum Gasteiger partial charge on any atom is -0.507 e. The van der Waals surface area contributed by atoms with Crippen LogP contribution in [0.2, 0.25) is 0 Å². The molecule has 1 aromatic rings. The van der Waals surface area contributed by atoms with Gasteiger partial charge in [0, 0.05) is 5.56 Å². The number of nitrogens with one attached hydrogen (secondary N) is 1. The first-order valence-corrected chi connectivity index (χ1v) is 6.40. The number of thiocarbonyl (C=S) groups is 1. The molecule has 0 aromatic heterocycles. The molecule has 0 atom stereocenters. The van der Waals surface area contributed by atoms with Crippen LogP contribution in [0.4, 0.5) is 0 Å². The number of hydrazone groups is 1. The molecule has 0 heterocycles. The summed E-state index contributed by atoms with van der Waals surface area (Å²) in [5.41, 5.74) is 8.49. The van der Waals surface area contributed by atoms with E-state index in [4.69, 9.17) is 28.9 Å². The maximum absolute atomic E-state index is 9.55. The quantitative estimate of drug-likeness (QED) is 0.337. The Labute approximate surface area is 122 Å². The van der Waals surface area contributed by atoms with Crippen LogP contribution in [-0.4, -0.2) is 20.8 Å². The van der Waals surface area contributed by atoms with Crippen molar-refractivity contribution >= 4 is 62.2 Å². The van der Waals surface area contributed by atoms with E-state index in [1.54, 1.807) is 12.1 Å². The summed E-state index contributed by atoms with van der Waals surface area (Å²) in [5.74, 6) is 0.0551. The molecule has 0 saturated heterocycles. The van der Waals surface area contributed by atoms with E-state index in [0.29, 0.717) is 15.7 Å². The van der Waals surface area contributed by atoms with Gasteiger partial charge < -0.3 is 10.8 Å². The van der Waals surface area contributed by atoms with Crippen LogP contribution in [0.5, 0.6) is 5.75 Å². The fourth-order valence-electron chi connectivity index (χ4n) is 1.06. The predicted octanol–water partition coefficient (Wildman–Crippen LogP) is 2.50. The van der Waals surface area contributed by atoms with Gasteiger partial charge in [-0.25, -0.2) is 0 Å². The van der Waals surface area contributed by atoms with Gasteiger partial charge in [-0.05, 0) is 34.2 Å². The molecule has 0 unspecified atom stereocenters. The van der Waals surface area contributed by atoms with Gasteiger partial charge in [-0.15, -0.1) is 0 Å². The summed E-state index contributed by atoms with van der Waals surface area (Å²) in [6.07, 6.45) is 0. The molecule has 0 amide bonds. The van der Waals surface area contributed by atoms with Gasteiger partial charge in [-0.3, -0.25) is 5.43 Å².